The van der Waals surface area contributed by atoms with Gasteiger partial charge in [0.1, 0.15) is 18.4 Å². The summed E-state index contributed by atoms with van der Waals surface area (Å²) >= 11 is 13.5. The second-order valence-corrected chi connectivity index (χ2v) is 8.22. The summed E-state index contributed by atoms with van der Waals surface area (Å²) in [5.41, 5.74) is 3.42. The average Bonchev–Trinajstić information content (AvgIpc) is 3.16. The van der Waals surface area contributed by atoms with Crippen molar-refractivity contribution < 1.29 is 4.74 Å². The summed E-state index contributed by atoms with van der Waals surface area (Å²) in [5, 5.41) is 11.4. The molecule has 0 atom stereocenters. The highest BCUT2D eigenvalue weighted by Crippen LogP contribution is 2.30. The molecule has 7 heteroatoms. The van der Waals surface area contributed by atoms with Crippen molar-refractivity contribution in [3.63, 3.8) is 0 Å². The van der Waals surface area contributed by atoms with Crippen LogP contribution in [-0.2, 0) is 6.61 Å². The molecule has 0 aliphatic heterocycles. The lowest BCUT2D eigenvalue weighted by Crippen LogP contribution is -1.98. The van der Waals surface area contributed by atoms with Crippen molar-refractivity contribution in [2.45, 2.75) is 11.8 Å². The molecule has 0 amide bonds. The van der Waals surface area contributed by atoms with Crippen LogP contribution in [0.25, 0.3) is 17.1 Å². The van der Waals surface area contributed by atoms with Crippen molar-refractivity contribution in [1.29, 1.82) is 5.26 Å². The van der Waals surface area contributed by atoms with Crippen LogP contribution in [0.1, 0.15) is 11.1 Å². The Bertz CT molecular complexity index is 1240. The van der Waals surface area contributed by atoms with E-state index in [0.717, 1.165) is 22.2 Å². The first-order chi connectivity index (χ1) is 14.6. The summed E-state index contributed by atoms with van der Waals surface area (Å²) < 4.78 is 5.97. The summed E-state index contributed by atoms with van der Waals surface area (Å²) in [6.45, 7) is 0.291. The zero-order valence-corrected chi connectivity index (χ0v) is 17.9. The summed E-state index contributed by atoms with van der Waals surface area (Å²) in [5.74, 6) is 0.654. The molecule has 4 aromatic rings. The van der Waals surface area contributed by atoms with Gasteiger partial charge in [0, 0.05) is 21.2 Å². The summed E-state index contributed by atoms with van der Waals surface area (Å²) in [6, 6.07) is 22.8. The Labute approximate surface area is 188 Å². The van der Waals surface area contributed by atoms with Crippen LogP contribution < -0.4 is 4.74 Å². The van der Waals surface area contributed by atoms with Crippen LogP contribution in [0.15, 0.2) is 76.8 Å². The van der Waals surface area contributed by atoms with Crippen molar-refractivity contribution in [3.05, 3.63) is 92.8 Å². The number of ether oxygens (including phenoxy) is 1. The Kier molecular flexibility index (Phi) is 6.29. The predicted octanol–water partition coefficient (Wildman–Crippen LogP) is 7.11. The van der Waals surface area contributed by atoms with Crippen LogP contribution in [0.4, 0.5) is 0 Å². The van der Waals surface area contributed by atoms with Gasteiger partial charge >= 0.3 is 0 Å². The third-order valence-electron chi connectivity index (χ3n) is 4.29. The molecular weight excluding hydrogens is 437 g/mol. The maximum atomic E-state index is 9.63. The second-order valence-electron chi connectivity index (χ2n) is 6.34. The van der Waals surface area contributed by atoms with E-state index in [1.165, 1.54) is 11.8 Å². The Morgan fingerprint density at radius 1 is 1.10 bits per heavy atom. The maximum Gasteiger partial charge on any atom is 0.171 e. The normalized spacial score (nSPS) is 11.4. The van der Waals surface area contributed by atoms with Gasteiger partial charge < -0.3 is 9.72 Å². The molecule has 4 rings (SSSR count). The minimum absolute atomic E-state index is 0.291. The number of nitrogens with one attached hydrogen (secondary N) is 1. The number of para-hydroxylation sites is 3. The van der Waals surface area contributed by atoms with Crippen LogP contribution in [0.3, 0.4) is 0 Å². The number of nitriles is 1. The maximum absolute atomic E-state index is 9.63. The molecule has 0 aliphatic carbocycles. The van der Waals surface area contributed by atoms with Crippen molar-refractivity contribution >= 4 is 52.1 Å². The van der Waals surface area contributed by atoms with Gasteiger partial charge in [-0.3, -0.25) is 0 Å². The van der Waals surface area contributed by atoms with Crippen molar-refractivity contribution in [2.75, 3.05) is 0 Å². The fraction of sp³-hybridized carbons (Fsp3) is 0.0435. The van der Waals surface area contributed by atoms with Gasteiger partial charge in [0.2, 0.25) is 0 Å². The fourth-order valence-electron chi connectivity index (χ4n) is 2.83. The van der Waals surface area contributed by atoms with Gasteiger partial charge in [-0.05, 0) is 48.2 Å². The van der Waals surface area contributed by atoms with E-state index >= 15 is 0 Å². The number of imidazole rings is 1. The molecule has 3 aromatic carbocycles. The molecule has 1 N–H and O–H groups in total. The Morgan fingerprint density at radius 3 is 2.70 bits per heavy atom. The van der Waals surface area contributed by atoms with Gasteiger partial charge in [0.25, 0.3) is 0 Å². The van der Waals surface area contributed by atoms with Crippen molar-refractivity contribution in [1.82, 2.24) is 9.97 Å². The molecule has 1 heterocycles. The first-order valence-corrected chi connectivity index (χ1v) is 10.6. The van der Waals surface area contributed by atoms with Crippen LogP contribution in [0, 0.1) is 11.3 Å². The lowest BCUT2D eigenvalue weighted by Gasteiger charge is -2.11. The van der Waals surface area contributed by atoms with E-state index in [-0.39, 0.29) is 0 Å². The molecule has 0 radical (unpaired) electrons. The number of hydrogen-bond donors (Lipinski definition) is 1. The molecule has 1 aromatic heterocycles. The molecule has 0 fully saturated rings. The standard InChI is InChI=1S/C23H15Cl2N3OS/c24-17-10-9-16(19(25)12-17)14-29-22-8-4-1-5-15(22)11-18(13-26)30-23-27-20-6-2-3-7-21(20)28-23/h1-12H,14H2,(H,27,28)/b18-11-. The number of halogens is 2. The molecule has 0 unspecified atom stereocenters. The zero-order valence-electron chi connectivity index (χ0n) is 15.6. The molecule has 0 bridgehead atoms. The SMILES string of the molecule is N#C/C(=C/c1ccccc1OCc1ccc(Cl)cc1Cl)Sc1nc2ccccc2[nH]1. The van der Waals surface area contributed by atoms with Crippen molar-refractivity contribution in [2.24, 2.45) is 0 Å². The van der Waals surface area contributed by atoms with Gasteiger partial charge in [-0.1, -0.05) is 59.6 Å². The molecular formula is C23H15Cl2N3OS. The van der Waals surface area contributed by atoms with Gasteiger partial charge in [-0.2, -0.15) is 5.26 Å². The van der Waals surface area contributed by atoms with E-state index in [0.29, 0.717) is 32.5 Å². The number of H-pyrrole nitrogens is 1. The molecule has 0 saturated carbocycles. The van der Waals surface area contributed by atoms with E-state index in [1.807, 2.05) is 54.6 Å². The largest absolute Gasteiger partial charge is 0.488 e. The topological polar surface area (TPSA) is 61.7 Å². The van der Waals surface area contributed by atoms with Crippen LogP contribution in [0.5, 0.6) is 5.75 Å². The minimum atomic E-state index is 0.291. The fourth-order valence-corrected chi connectivity index (χ4v) is 4.04. The van der Waals surface area contributed by atoms with Gasteiger partial charge in [-0.25, -0.2) is 4.98 Å². The quantitative estimate of drug-likeness (QED) is 0.250. The molecule has 0 spiro atoms. The molecule has 0 saturated heterocycles. The third kappa shape index (κ3) is 4.80. The number of allylic oxidation sites excluding steroid dienone is 1. The van der Waals surface area contributed by atoms with Crippen molar-refractivity contribution in [3.8, 4) is 11.8 Å². The number of hydrogen-bond acceptors (Lipinski definition) is 4. The lowest BCUT2D eigenvalue weighted by molar-refractivity contribution is 0.305. The average molecular weight is 452 g/mol. The molecule has 0 aliphatic rings. The van der Waals surface area contributed by atoms with E-state index in [9.17, 15) is 5.26 Å². The highest BCUT2D eigenvalue weighted by Gasteiger charge is 2.09. The summed E-state index contributed by atoms with van der Waals surface area (Å²) in [4.78, 5) is 8.23. The minimum Gasteiger partial charge on any atom is -0.488 e. The predicted molar refractivity (Wildman–Crippen MR) is 123 cm³/mol. The molecule has 148 valence electrons. The number of aromatic nitrogens is 2. The third-order valence-corrected chi connectivity index (χ3v) is 5.69. The van der Waals surface area contributed by atoms with E-state index in [1.54, 1.807) is 18.2 Å². The lowest BCUT2D eigenvalue weighted by atomic mass is 10.2. The molecule has 30 heavy (non-hydrogen) atoms. The molecule has 4 nitrogen and oxygen atoms in total. The summed E-state index contributed by atoms with van der Waals surface area (Å²) in [7, 11) is 0. The second kappa shape index (κ2) is 9.27. The number of thioether (sulfide) groups is 1. The van der Waals surface area contributed by atoms with Gasteiger partial charge in [0.05, 0.1) is 15.9 Å². The number of benzene rings is 3. The van der Waals surface area contributed by atoms with Gasteiger partial charge in [-0.15, -0.1) is 0 Å². The van der Waals surface area contributed by atoms with E-state index in [4.69, 9.17) is 27.9 Å². The smallest absolute Gasteiger partial charge is 0.171 e. The first kappa shape index (κ1) is 20.4. The Morgan fingerprint density at radius 2 is 1.90 bits per heavy atom. The van der Waals surface area contributed by atoms with Crippen LogP contribution in [-0.4, -0.2) is 9.97 Å². The summed E-state index contributed by atoms with van der Waals surface area (Å²) in [6.07, 6.45) is 1.79. The van der Waals surface area contributed by atoms with E-state index < -0.39 is 0 Å². The number of aromatic amines is 1. The highest BCUT2D eigenvalue weighted by molar-refractivity contribution is 8.03. The number of rotatable bonds is 6. The number of nitrogens with zero attached hydrogens (tertiary/aromatic N) is 2. The Hall–Kier alpha value is -2.91. The zero-order chi connectivity index (χ0) is 20.9. The first-order valence-electron chi connectivity index (χ1n) is 9.02. The van der Waals surface area contributed by atoms with Crippen LogP contribution >= 0.6 is 35.0 Å². The Balaban J connectivity index is 1.55. The monoisotopic (exact) mass is 451 g/mol. The highest BCUT2D eigenvalue weighted by atomic mass is 35.5. The van der Waals surface area contributed by atoms with Crippen LogP contribution in [0.2, 0.25) is 10.0 Å². The number of fused-ring (bicyclic) bond motifs is 1. The van der Waals surface area contributed by atoms with E-state index in [2.05, 4.69) is 16.0 Å². The van der Waals surface area contributed by atoms with Gasteiger partial charge in [0.15, 0.2) is 5.16 Å².